The normalized spacial score (nSPS) is 10.6. The number of anilines is 1. The van der Waals surface area contributed by atoms with E-state index in [0.717, 1.165) is 10.6 Å². The van der Waals surface area contributed by atoms with E-state index in [-0.39, 0.29) is 0 Å². The van der Waals surface area contributed by atoms with Crippen molar-refractivity contribution in [1.82, 2.24) is 4.98 Å². The van der Waals surface area contributed by atoms with Crippen LogP contribution in [0.4, 0.5) is 5.00 Å². The number of aryl methyl sites for hydroxylation is 1. The van der Waals surface area contributed by atoms with Gasteiger partial charge in [0.05, 0.1) is 15.1 Å². The smallest absolute Gasteiger partial charge is 0.114 e. The Morgan fingerprint density at radius 3 is 2.67 bits per heavy atom. The van der Waals surface area contributed by atoms with Crippen molar-refractivity contribution in [3.05, 3.63) is 33.3 Å². The van der Waals surface area contributed by atoms with Crippen LogP contribution < -0.4 is 5.73 Å². The maximum atomic E-state index is 6.09. The zero-order chi connectivity index (χ0) is 11.0. The molecule has 2 aromatic rings. The Bertz CT molecular complexity index is 508. The van der Waals surface area contributed by atoms with Crippen molar-refractivity contribution in [2.75, 3.05) is 5.73 Å². The summed E-state index contributed by atoms with van der Waals surface area (Å²) in [6.45, 7) is 1.91. The van der Waals surface area contributed by atoms with E-state index in [2.05, 4.69) is 4.98 Å². The number of hydrogen-bond donors (Lipinski definition) is 1. The summed E-state index contributed by atoms with van der Waals surface area (Å²) in [5, 5.41) is 2.59. The predicted octanol–water partition coefficient (Wildman–Crippen LogP) is 4.01. The molecule has 0 atom stereocenters. The third kappa shape index (κ3) is 1.95. The molecule has 0 aliphatic rings. The summed E-state index contributed by atoms with van der Waals surface area (Å²) in [6.07, 6.45) is 0. The number of benzene rings is 1. The molecule has 0 saturated heterocycles. The van der Waals surface area contributed by atoms with E-state index < -0.39 is 0 Å². The monoisotopic (exact) mass is 258 g/mol. The number of nitrogen functional groups attached to an aromatic ring is 1. The molecule has 78 valence electrons. The number of nitrogens with two attached hydrogens (primary N) is 1. The zero-order valence-corrected chi connectivity index (χ0v) is 10.2. The van der Waals surface area contributed by atoms with Crippen LogP contribution in [0.1, 0.15) is 5.01 Å². The van der Waals surface area contributed by atoms with Crippen molar-refractivity contribution in [2.24, 2.45) is 0 Å². The van der Waals surface area contributed by atoms with Gasteiger partial charge >= 0.3 is 0 Å². The Hall–Kier alpha value is -0.770. The van der Waals surface area contributed by atoms with Crippen LogP contribution >= 0.6 is 34.5 Å². The summed E-state index contributed by atoms with van der Waals surface area (Å²) in [6, 6.07) is 5.43. The van der Waals surface area contributed by atoms with Crippen molar-refractivity contribution in [3.63, 3.8) is 0 Å². The van der Waals surface area contributed by atoms with E-state index in [1.807, 2.05) is 19.1 Å². The summed E-state index contributed by atoms with van der Waals surface area (Å²) < 4.78 is 0. The minimum atomic E-state index is 0.496. The standard InChI is InChI=1S/C10H8Cl2N2S/c1-5-14-9(10(13)15-5)6-3-2-4-7(11)8(6)12/h2-4H,13H2,1H3. The summed E-state index contributed by atoms with van der Waals surface area (Å²) in [5.74, 6) is 0. The first kappa shape index (κ1) is 10.7. The SMILES string of the molecule is Cc1nc(-c2cccc(Cl)c2Cl)c(N)s1. The molecule has 15 heavy (non-hydrogen) atoms. The lowest BCUT2D eigenvalue weighted by Gasteiger charge is -2.03. The topological polar surface area (TPSA) is 38.9 Å². The van der Waals surface area contributed by atoms with Gasteiger partial charge in [0.15, 0.2) is 0 Å². The molecule has 0 fully saturated rings. The Kier molecular flexibility index (Phi) is 2.87. The van der Waals surface area contributed by atoms with Gasteiger partial charge in [0, 0.05) is 5.56 Å². The van der Waals surface area contributed by atoms with Crippen molar-refractivity contribution < 1.29 is 0 Å². The molecule has 2 nitrogen and oxygen atoms in total. The Balaban J connectivity index is 2.64. The van der Waals surface area contributed by atoms with Crippen LogP contribution in [0, 0.1) is 6.92 Å². The Labute approximate surface area is 102 Å². The lowest BCUT2D eigenvalue weighted by Crippen LogP contribution is -1.87. The second kappa shape index (κ2) is 4.00. The number of hydrogen-bond acceptors (Lipinski definition) is 3. The van der Waals surface area contributed by atoms with Gasteiger partial charge in [0.25, 0.3) is 0 Å². The summed E-state index contributed by atoms with van der Waals surface area (Å²) in [4.78, 5) is 4.33. The maximum absolute atomic E-state index is 6.09. The third-order valence-electron chi connectivity index (χ3n) is 1.97. The van der Waals surface area contributed by atoms with Gasteiger partial charge in [-0.05, 0) is 13.0 Å². The number of rotatable bonds is 1. The van der Waals surface area contributed by atoms with Crippen LogP contribution in [0.25, 0.3) is 11.3 Å². The minimum absolute atomic E-state index is 0.496. The second-order valence-corrected chi connectivity index (χ2v) is 5.07. The lowest BCUT2D eigenvalue weighted by molar-refractivity contribution is 1.30. The highest BCUT2D eigenvalue weighted by Gasteiger charge is 2.13. The fourth-order valence-corrected chi connectivity index (χ4v) is 2.42. The van der Waals surface area contributed by atoms with Crippen molar-refractivity contribution in [3.8, 4) is 11.3 Å². The molecule has 2 rings (SSSR count). The maximum Gasteiger partial charge on any atom is 0.114 e. The van der Waals surface area contributed by atoms with Gasteiger partial charge in [0.2, 0.25) is 0 Å². The molecule has 5 heteroatoms. The van der Waals surface area contributed by atoms with Crippen molar-refractivity contribution in [1.29, 1.82) is 0 Å². The molecule has 0 radical (unpaired) electrons. The van der Waals surface area contributed by atoms with E-state index in [1.165, 1.54) is 11.3 Å². The zero-order valence-electron chi connectivity index (χ0n) is 7.92. The van der Waals surface area contributed by atoms with E-state index in [4.69, 9.17) is 28.9 Å². The molecule has 0 spiro atoms. The lowest BCUT2D eigenvalue weighted by atomic mass is 10.1. The van der Waals surface area contributed by atoms with Crippen LogP contribution in [0.3, 0.4) is 0 Å². The van der Waals surface area contributed by atoms with Crippen LogP contribution in [0.15, 0.2) is 18.2 Å². The van der Waals surface area contributed by atoms with Gasteiger partial charge in [0.1, 0.15) is 10.7 Å². The molecule has 2 N–H and O–H groups in total. The number of aromatic nitrogens is 1. The molecule has 0 unspecified atom stereocenters. The van der Waals surface area contributed by atoms with E-state index in [1.54, 1.807) is 6.07 Å². The quantitative estimate of drug-likeness (QED) is 0.840. The van der Waals surface area contributed by atoms with Crippen LogP contribution in [-0.2, 0) is 0 Å². The highest BCUT2D eigenvalue weighted by molar-refractivity contribution is 7.16. The van der Waals surface area contributed by atoms with Gasteiger partial charge < -0.3 is 5.73 Å². The molecule has 1 aromatic carbocycles. The first-order valence-electron chi connectivity index (χ1n) is 4.27. The highest BCUT2D eigenvalue weighted by atomic mass is 35.5. The first-order valence-corrected chi connectivity index (χ1v) is 5.84. The molecule has 1 aromatic heterocycles. The number of halogens is 2. The van der Waals surface area contributed by atoms with Crippen molar-refractivity contribution in [2.45, 2.75) is 6.92 Å². The predicted molar refractivity (Wildman–Crippen MR) is 66.7 cm³/mol. The van der Waals surface area contributed by atoms with Gasteiger partial charge in [-0.3, -0.25) is 0 Å². The molecule has 0 aliphatic heterocycles. The van der Waals surface area contributed by atoms with E-state index >= 15 is 0 Å². The van der Waals surface area contributed by atoms with E-state index in [9.17, 15) is 0 Å². The number of nitrogens with zero attached hydrogens (tertiary/aromatic N) is 1. The molecule has 0 saturated carbocycles. The molecule has 0 amide bonds. The molecular weight excluding hydrogens is 251 g/mol. The largest absolute Gasteiger partial charge is 0.389 e. The van der Waals surface area contributed by atoms with E-state index in [0.29, 0.717) is 20.7 Å². The van der Waals surface area contributed by atoms with Crippen molar-refractivity contribution >= 4 is 39.5 Å². The van der Waals surface area contributed by atoms with Crippen LogP contribution in [0.5, 0.6) is 0 Å². The average Bonchev–Trinajstić information content (AvgIpc) is 2.50. The van der Waals surface area contributed by atoms with Crippen LogP contribution in [-0.4, -0.2) is 4.98 Å². The number of thiazole rings is 1. The van der Waals surface area contributed by atoms with Crippen LogP contribution in [0.2, 0.25) is 10.0 Å². The molecule has 1 heterocycles. The minimum Gasteiger partial charge on any atom is -0.389 e. The Morgan fingerprint density at radius 2 is 2.07 bits per heavy atom. The molecule has 0 aliphatic carbocycles. The highest BCUT2D eigenvalue weighted by Crippen LogP contribution is 2.37. The summed E-state index contributed by atoms with van der Waals surface area (Å²) >= 11 is 13.5. The fraction of sp³-hybridized carbons (Fsp3) is 0.100. The average molecular weight is 259 g/mol. The molecule has 0 bridgehead atoms. The Morgan fingerprint density at radius 1 is 1.33 bits per heavy atom. The third-order valence-corrected chi connectivity index (χ3v) is 3.59. The first-order chi connectivity index (χ1) is 7.09. The summed E-state index contributed by atoms with van der Waals surface area (Å²) in [5.41, 5.74) is 7.34. The second-order valence-electron chi connectivity index (χ2n) is 3.05. The van der Waals surface area contributed by atoms with Gasteiger partial charge in [-0.25, -0.2) is 4.98 Å². The fourth-order valence-electron chi connectivity index (χ4n) is 1.32. The van der Waals surface area contributed by atoms with Gasteiger partial charge in [-0.15, -0.1) is 11.3 Å². The molecular formula is C10H8Cl2N2S. The van der Waals surface area contributed by atoms with Gasteiger partial charge in [-0.2, -0.15) is 0 Å². The van der Waals surface area contributed by atoms with Gasteiger partial charge in [-0.1, -0.05) is 35.3 Å². The summed E-state index contributed by atoms with van der Waals surface area (Å²) in [7, 11) is 0.